The number of hydrogen-bond acceptors (Lipinski definition) is 3. The van der Waals surface area contributed by atoms with Crippen LogP contribution in [-0.4, -0.2) is 50.6 Å². The Morgan fingerprint density at radius 2 is 2.16 bits per heavy atom. The van der Waals surface area contributed by atoms with Crippen LogP contribution in [0.5, 0.6) is 0 Å². The Morgan fingerprint density at radius 1 is 1.47 bits per heavy atom. The van der Waals surface area contributed by atoms with Gasteiger partial charge in [-0.25, -0.2) is 0 Å². The average Bonchev–Trinajstić information content (AvgIpc) is 2.41. The summed E-state index contributed by atoms with van der Waals surface area (Å²) in [6.07, 6.45) is 0.552. The largest absolute Gasteiger partial charge is 0.315 e. The number of nitrogens with zero attached hydrogens (tertiary/aromatic N) is 2. The number of amides is 1. The van der Waals surface area contributed by atoms with Crippen LogP contribution in [0.2, 0.25) is 0 Å². The van der Waals surface area contributed by atoms with Gasteiger partial charge in [-0.1, -0.05) is 15.9 Å². The van der Waals surface area contributed by atoms with Gasteiger partial charge in [0.2, 0.25) is 5.91 Å². The van der Waals surface area contributed by atoms with E-state index >= 15 is 0 Å². The van der Waals surface area contributed by atoms with Crippen LogP contribution in [0.15, 0.2) is 28.7 Å². The number of carbonyl (C=O) groups is 1. The first-order valence-corrected chi connectivity index (χ1v) is 7.30. The van der Waals surface area contributed by atoms with E-state index in [2.05, 4.69) is 33.2 Å². The molecule has 4 nitrogen and oxygen atoms in total. The molecule has 1 saturated heterocycles. The third kappa shape index (κ3) is 3.78. The van der Waals surface area contributed by atoms with Gasteiger partial charge >= 0.3 is 0 Å². The molecule has 1 amide bonds. The molecule has 0 radical (unpaired) electrons. The Balaban J connectivity index is 1.97. The van der Waals surface area contributed by atoms with Gasteiger partial charge in [-0.2, -0.15) is 0 Å². The summed E-state index contributed by atoms with van der Waals surface area (Å²) in [7, 11) is 3.92. The molecule has 0 aliphatic carbocycles. The van der Waals surface area contributed by atoms with E-state index in [0.29, 0.717) is 12.5 Å². The molecule has 0 aromatic heterocycles. The second-order valence-electron chi connectivity index (χ2n) is 4.97. The van der Waals surface area contributed by atoms with Gasteiger partial charge in [0.15, 0.2) is 0 Å². The monoisotopic (exact) mass is 325 g/mol. The molecule has 104 valence electrons. The first-order chi connectivity index (χ1) is 9.08. The molecule has 19 heavy (non-hydrogen) atoms. The maximum atomic E-state index is 12.3. The second-order valence-corrected chi connectivity index (χ2v) is 5.89. The van der Waals surface area contributed by atoms with Crippen molar-refractivity contribution in [1.82, 2.24) is 10.2 Å². The first-order valence-electron chi connectivity index (χ1n) is 6.51. The van der Waals surface area contributed by atoms with Crippen LogP contribution in [0.4, 0.5) is 5.69 Å². The van der Waals surface area contributed by atoms with Gasteiger partial charge in [-0.05, 0) is 31.3 Å². The predicted molar refractivity (Wildman–Crippen MR) is 81.5 cm³/mol. The minimum absolute atomic E-state index is 0.155. The zero-order valence-electron chi connectivity index (χ0n) is 11.4. The van der Waals surface area contributed by atoms with Crippen LogP contribution in [-0.2, 0) is 4.79 Å². The average molecular weight is 326 g/mol. The molecular formula is C14H20BrN3O. The summed E-state index contributed by atoms with van der Waals surface area (Å²) in [6, 6.07) is 8.09. The molecule has 0 saturated carbocycles. The highest BCUT2D eigenvalue weighted by Gasteiger charge is 2.23. The van der Waals surface area contributed by atoms with E-state index in [4.69, 9.17) is 0 Å². The topological polar surface area (TPSA) is 35.6 Å². The minimum atomic E-state index is 0.155. The lowest BCUT2D eigenvalue weighted by molar-refractivity contribution is -0.119. The molecule has 1 aromatic carbocycles. The molecular weight excluding hydrogens is 306 g/mol. The highest BCUT2D eigenvalue weighted by atomic mass is 79.9. The van der Waals surface area contributed by atoms with Crippen LogP contribution in [0.3, 0.4) is 0 Å². The predicted octanol–water partition coefficient (Wildman–Crippen LogP) is 1.71. The number of rotatable bonds is 3. The van der Waals surface area contributed by atoms with E-state index in [0.717, 1.165) is 29.8 Å². The van der Waals surface area contributed by atoms with Crippen molar-refractivity contribution in [3.05, 3.63) is 28.7 Å². The fourth-order valence-electron chi connectivity index (χ4n) is 2.24. The van der Waals surface area contributed by atoms with Crippen molar-refractivity contribution in [2.24, 2.45) is 0 Å². The Kier molecular flexibility index (Phi) is 4.96. The third-order valence-electron chi connectivity index (χ3n) is 3.64. The smallest absolute Gasteiger partial charge is 0.228 e. The van der Waals surface area contributed by atoms with Gasteiger partial charge in [0.05, 0.1) is 0 Å². The molecule has 5 heteroatoms. The molecule has 1 aromatic rings. The van der Waals surface area contributed by atoms with Crippen molar-refractivity contribution < 1.29 is 4.79 Å². The molecule has 1 atom stereocenters. The number of benzene rings is 1. The highest BCUT2D eigenvalue weighted by molar-refractivity contribution is 9.10. The third-order valence-corrected chi connectivity index (χ3v) is 4.17. The van der Waals surface area contributed by atoms with Gasteiger partial charge in [0, 0.05) is 49.3 Å². The van der Waals surface area contributed by atoms with E-state index in [9.17, 15) is 4.79 Å². The van der Waals surface area contributed by atoms with Crippen LogP contribution in [0, 0.1) is 0 Å². The van der Waals surface area contributed by atoms with Crippen molar-refractivity contribution in [2.75, 3.05) is 38.6 Å². The molecule has 0 bridgehead atoms. The van der Waals surface area contributed by atoms with Crippen molar-refractivity contribution in [2.45, 2.75) is 12.5 Å². The van der Waals surface area contributed by atoms with Gasteiger partial charge < -0.3 is 15.1 Å². The second kappa shape index (κ2) is 6.50. The molecule has 1 heterocycles. The van der Waals surface area contributed by atoms with E-state index in [-0.39, 0.29) is 5.91 Å². The maximum Gasteiger partial charge on any atom is 0.228 e. The first kappa shape index (κ1) is 14.5. The summed E-state index contributed by atoms with van der Waals surface area (Å²) >= 11 is 3.40. The number of anilines is 1. The van der Waals surface area contributed by atoms with Gasteiger partial charge in [0.1, 0.15) is 0 Å². The molecule has 1 unspecified atom stereocenters. The van der Waals surface area contributed by atoms with Gasteiger partial charge in [0.25, 0.3) is 0 Å². The fraction of sp³-hybridized carbons (Fsp3) is 0.500. The summed E-state index contributed by atoms with van der Waals surface area (Å²) in [6.45, 7) is 2.89. The molecule has 0 spiro atoms. The molecule has 2 rings (SSSR count). The highest BCUT2D eigenvalue weighted by Crippen LogP contribution is 2.18. The van der Waals surface area contributed by atoms with Crippen molar-refractivity contribution in [3.63, 3.8) is 0 Å². The lowest BCUT2D eigenvalue weighted by atomic mass is 10.1. The van der Waals surface area contributed by atoms with E-state index < -0.39 is 0 Å². The molecule has 1 aliphatic rings. The lowest BCUT2D eigenvalue weighted by Crippen LogP contribution is -2.51. The molecule has 1 N–H and O–H groups in total. The molecule has 1 aliphatic heterocycles. The number of piperazine rings is 1. The summed E-state index contributed by atoms with van der Waals surface area (Å²) in [5.41, 5.74) is 0.930. The number of carbonyl (C=O) groups excluding carboxylic acids is 1. The van der Waals surface area contributed by atoms with E-state index in [1.807, 2.05) is 31.3 Å². The number of likely N-dealkylation sites (N-methyl/N-ethyl adjacent to an activating group) is 1. The molecule has 1 fully saturated rings. The SMILES string of the molecule is CN(C(=O)CC1CNCCN1C)c1ccc(Br)cc1. The maximum absolute atomic E-state index is 12.3. The van der Waals surface area contributed by atoms with Gasteiger partial charge in [-0.3, -0.25) is 4.79 Å². The standard InChI is InChI=1S/C14H20BrN3O/c1-17-8-7-16-10-13(17)9-14(19)18(2)12-5-3-11(15)4-6-12/h3-6,13,16H,7-10H2,1-2H3. The van der Waals surface area contributed by atoms with Crippen molar-refractivity contribution >= 4 is 27.5 Å². The summed E-state index contributed by atoms with van der Waals surface area (Å²) in [4.78, 5) is 16.3. The van der Waals surface area contributed by atoms with Crippen molar-refractivity contribution in [1.29, 1.82) is 0 Å². The van der Waals surface area contributed by atoms with Crippen LogP contribution >= 0.6 is 15.9 Å². The lowest BCUT2D eigenvalue weighted by Gasteiger charge is -2.33. The Labute approximate surface area is 122 Å². The summed E-state index contributed by atoms with van der Waals surface area (Å²) in [5.74, 6) is 0.155. The van der Waals surface area contributed by atoms with E-state index in [1.54, 1.807) is 4.90 Å². The summed E-state index contributed by atoms with van der Waals surface area (Å²) < 4.78 is 1.02. The van der Waals surface area contributed by atoms with Gasteiger partial charge in [-0.15, -0.1) is 0 Å². The minimum Gasteiger partial charge on any atom is -0.315 e. The van der Waals surface area contributed by atoms with Crippen LogP contribution < -0.4 is 10.2 Å². The van der Waals surface area contributed by atoms with Crippen molar-refractivity contribution in [3.8, 4) is 0 Å². The number of halogens is 1. The Bertz CT molecular complexity index is 435. The zero-order valence-corrected chi connectivity index (χ0v) is 13.0. The van der Waals surface area contributed by atoms with Crippen LogP contribution in [0.1, 0.15) is 6.42 Å². The Hall–Kier alpha value is -0.910. The number of nitrogens with one attached hydrogen (secondary N) is 1. The summed E-state index contributed by atoms with van der Waals surface area (Å²) in [5, 5.41) is 3.34. The quantitative estimate of drug-likeness (QED) is 0.918. The Morgan fingerprint density at radius 3 is 2.79 bits per heavy atom. The fourth-order valence-corrected chi connectivity index (χ4v) is 2.50. The normalized spacial score (nSPS) is 20.3. The number of hydrogen-bond donors (Lipinski definition) is 1. The van der Waals surface area contributed by atoms with E-state index in [1.165, 1.54) is 0 Å². The van der Waals surface area contributed by atoms with Crippen LogP contribution in [0.25, 0.3) is 0 Å². The zero-order chi connectivity index (χ0) is 13.8.